The summed E-state index contributed by atoms with van der Waals surface area (Å²) < 4.78 is 5.22. The van der Waals surface area contributed by atoms with Crippen molar-refractivity contribution in [1.29, 1.82) is 0 Å². The molecule has 1 N–H and O–H groups in total. The summed E-state index contributed by atoms with van der Waals surface area (Å²) in [7, 11) is 0. The highest BCUT2D eigenvalue weighted by Gasteiger charge is 2.28. The van der Waals surface area contributed by atoms with Crippen molar-refractivity contribution in [1.82, 2.24) is 0 Å². The minimum absolute atomic E-state index is 0.479. The first-order valence-electron chi connectivity index (χ1n) is 4.16. The fraction of sp³-hybridized carbons (Fsp3) is 0.300. The molecule has 0 saturated carbocycles. The summed E-state index contributed by atoms with van der Waals surface area (Å²) >= 11 is 0. The van der Waals surface area contributed by atoms with Crippen LogP contribution in [-0.4, -0.2) is 17.2 Å². The van der Waals surface area contributed by atoms with Gasteiger partial charge in [0.25, 0.3) is 0 Å². The molecular formula is C10H10O3. The third kappa shape index (κ3) is 1.37. The lowest BCUT2D eigenvalue weighted by atomic mass is 10.1. The Kier molecular flexibility index (Phi) is 1.72. The lowest BCUT2D eigenvalue weighted by molar-refractivity contribution is -0.144. The van der Waals surface area contributed by atoms with E-state index in [1.165, 1.54) is 0 Å². The van der Waals surface area contributed by atoms with Gasteiger partial charge in [0.15, 0.2) is 6.10 Å². The number of aryl methyl sites for hydroxylation is 1. The summed E-state index contributed by atoms with van der Waals surface area (Å²) in [5, 5.41) is 8.73. The van der Waals surface area contributed by atoms with E-state index in [1.54, 1.807) is 0 Å². The molecule has 68 valence electrons. The molecule has 0 unspecified atom stereocenters. The highest BCUT2D eigenvalue weighted by molar-refractivity contribution is 5.74. The average molecular weight is 178 g/mol. The van der Waals surface area contributed by atoms with E-state index in [0.29, 0.717) is 12.2 Å². The van der Waals surface area contributed by atoms with Crippen LogP contribution in [0.2, 0.25) is 0 Å². The van der Waals surface area contributed by atoms with Crippen molar-refractivity contribution in [2.75, 3.05) is 0 Å². The van der Waals surface area contributed by atoms with Crippen LogP contribution in [0.1, 0.15) is 11.1 Å². The van der Waals surface area contributed by atoms with Crippen molar-refractivity contribution in [3.8, 4) is 5.75 Å². The minimum Gasteiger partial charge on any atom is -0.478 e. The molecule has 2 rings (SSSR count). The number of carboxylic acid groups (broad SMARTS) is 1. The molecule has 1 aliphatic rings. The molecule has 0 spiro atoms. The second kappa shape index (κ2) is 2.76. The summed E-state index contributed by atoms with van der Waals surface area (Å²) in [6.45, 7) is 1.98. The molecule has 1 aliphatic heterocycles. The number of carboxylic acids is 1. The third-order valence-corrected chi connectivity index (χ3v) is 2.17. The first kappa shape index (κ1) is 8.10. The standard InChI is InChI=1S/C10H10O3/c1-6-2-3-8-7(4-6)5-9(13-8)10(11)12/h2-4,9H,5H2,1H3,(H,11,12)/t9-/m1/s1. The molecule has 3 nitrogen and oxygen atoms in total. The summed E-state index contributed by atoms with van der Waals surface area (Å²) in [5.74, 6) is -0.188. The summed E-state index contributed by atoms with van der Waals surface area (Å²) in [6, 6.07) is 5.72. The lowest BCUT2D eigenvalue weighted by Gasteiger charge is -2.03. The number of ether oxygens (including phenoxy) is 1. The van der Waals surface area contributed by atoms with Gasteiger partial charge in [0.05, 0.1) is 0 Å². The number of benzene rings is 1. The number of hydrogen-bond acceptors (Lipinski definition) is 2. The van der Waals surface area contributed by atoms with Crippen LogP contribution in [0.3, 0.4) is 0 Å². The van der Waals surface area contributed by atoms with Crippen LogP contribution >= 0.6 is 0 Å². The van der Waals surface area contributed by atoms with Gasteiger partial charge in [0, 0.05) is 6.42 Å². The second-order valence-corrected chi connectivity index (χ2v) is 3.26. The fourth-order valence-corrected chi connectivity index (χ4v) is 1.52. The zero-order valence-corrected chi connectivity index (χ0v) is 7.28. The van der Waals surface area contributed by atoms with Gasteiger partial charge in [-0.25, -0.2) is 4.79 Å². The summed E-state index contributed by atoms with van der Waals surface area (Å²) in [4.78, 5) is 10.6. The van der Waals surface area contributed by atoms with Crippen molar-refractivity contribution in [3.05, 3.63) is 29.3 Å². The first-order chi connectivity index (χ1) is 6.16. The van der Waals surface area contributed by atoms with Crippen LogP contribution in [0.25, 0.3) is 0 Å². The Balaban J connectivity index is 2.30. The summed E-state index contributed by atoms with van der Waals surface area (Å²) in [6.07, 6.45) is -0.219. The van der Waals surface area contributed by atoms with Crippen LogP contribution in [0.4, 0.5) is 0 Å². The van der Waals surface area contributed by atoms with Crippen LogP contribution < -0.4 is 4.74 Å². The Morgan fingerprint density at radius 3 is 3.08 bits per heavy atom. The maximum absolute atomic E-state index is 10.6. The minimum atomic E-state index is -0.895. The number of aliphatic carboxylic acids is 1. The Morgan fingerprint density at radius 1 is 1.62 bits per heavy atom. The Labute approximate surface area is 76.0 Å². The molecular weight excluding hydrogens is 168 g/mol. The van der Waals surface area contributed by atoms with E-state index in [1.807, 2.05) is 25.1 Å². The van der Waals surface area contributed by atoms with Gasteiger partial charge >= 0.3 is 5.97 Å². The molecule has 3 heteroatoms. The average Bonchev–Trinajstić information content (AvgIpc) is 2.46. The summed E-state index contributed by atoms with van der Waals surface area (Å²) in [5.41, 5.74) is 2.13. The SMILES string of the molecule is Cc1ccc2c(c1)C[C@H](C(=O)O)O2. The molecule has 0 fully saturated rings. The maximum atomic E-state index is 10.6. The molecule has 0 radical (unpaired) electrons. The van der Waals surface area contributed by atoms with E-state index in [4.69, 9.17) is 9.84 Å². The zero-order valence-electron chi connectivity index (χ0n) is 7.28. The normalized spacial score (nSPS) is 19.3. The van der Waals surface area contributed by atoms with Gasteiger partial charge in [0.2, 0.25) is 0 Å². The van der Waals surface area contributed by atoms with Crippen LogP contribution in [0.15, 0.2) is 18.2 Å². The third-order valence-electron chi connectivity index (χ3n) is 2.17. The molecule has 1 atom stereocenters. The largest absolute Gasteiger partial charge is 0.478 e. The molecule has 0 aromatic heterocycles. The smallest absolute Gasteiger partial charge is 0.345 e. The molecule has 1 aromatic rings. The Morgan fingerprint density at radius 2 is 2.38 bits per heavy atom. The van der Waals surface area contributed by atoms with E-state index in [0.717, 1.165) is 11.1 Å². The van der Waals surface area contributed by atoms with Crippen molar-refractivity contribution >= 4 is 5.97 Å². The highest BCUT2D eigenvalue weighted by atomic mass is 16.5. The quantitative estimate of drug-likeness (QED) is 0.706. The molecule has 0 bridgehead atoms. The van der Waals surface area contributed by atoms with Crippen LogP contribution in [-0.2, 0) is 11.2 Å². The molecule has 0 amide bonds. The fourth-order valence-electron chi connectivity index (χ4n) is 1.52. The zero-order chi connectivity index (χ0) is 9.42. The van der Waals surface area contributed by atoms with E-state index >= 15 is 0 Å². The number of hydrogen-bond donors (Lipinski definition) is 1. The molecule has 0 aliphatic carbocycles. The van der Waals surface area contributed by atoms with Gasteiger partial charge in [0.1, 0.15) is 5.75 Å². The van der Waals surface area contributed by atoms with Crippen LogP contribution in [0, 0.1) is 6.92 Å². The predicted octanol–water partition coefficient (Wildman–Crippen LogP) is 1.38. The van der Waals surface area contributed by atoms with Gasteiger partial charge in [-0.3, -0.25) is 0 Å². The number of rotatable bonds is 1. The van der Waals surface area contributed by atoms with Crippen molar-refractivity contribution in [3.63, 3.8) is 0 Å². The first-order valence-corrected chi connectivity index (χ1v) is 4.16. The van der Waals surface area contributed by atoms with E-state index in [2.05, 4.69) is 0 Å². The lowest BCUT2D eigenvalue weighted by Crippen LogP contribution is -2.24. The molecule has 13 heavy (non-hydrogen) atoms. The molecule has 1 heterocycles. The monoisotopic (exact) mass is 178 g/mol. The van der Waals surface area contributed by atoms with Gasteiger partial charge in [-0.15, -0.1) is 0 Å². The van der Waals surface area contributed by atoms with Crippen LogP contribution in [0.5, 0.6) is 5.75 Å². The van der Waals surface area contributed by atoms with E-state index < -0.39 is 12.1 Å². The van der Waals surface area contributed by atoms with Gasteiger partial charge < -0.3 is 9.84 Å². The van der Waals surface area contributed by atoms with Gasteiger partial charge in [-0.05, 0) is 18.6 Å². The van der Waals surface area contributed by atoms with Crippen molar-refractivity contribution in [2.24, 2.45) is 0 Å². The second-order valence-electron chi connectivity index (χ2n) is 3.26. The Bertz CT molecular complexity index is 357. The van der Waals surface area contributed by atoms with Crippen molar-refractivity contribution < 1.29 is 14.6 Å². The number of carbonyl (C=O) groups is 1. The van der Waals surface area contributed by atoms with Crippen molar-refractivity contribution in [2.45, 2.75) is 19.4 Å². The molecule has 1 aromatic carbocycles. The topological polar surface area (TPSA) is 46.5 Å². The van der Waals surface area contributed by atoms with Gasteiger partial charge in [-0.2, -0.15) is 0 Å². The van der Waals surface area contributed by atoms with Gasteiger partial charge in [-0.1, -0.05) is 17.7 Å². The number of fused-ring (bicyclic) bond motifs is 1. The Hall–Kier alpha value is -1.51. The van der Waals surface area contributed by atoms with E-state index in [-0.39, 0.29) is 0 Å². The highest BCUT2D eigenvalue weighted by Crippen LogP contribution is 2.29. The molecule has 0 saturated heterocycles. The van der Waals surface area contributed by atoms with E-state index in [9.17, 15) is 4.79 Å². The maximum Gasteiger partial charge on any atom is 0.345 e. The predicted molar refractivity (Wildman–Crippen MR) is 46.9 cm³/mol.